The smallest absolute Gasteiger partial charge is 0.331 e. The first-order chi connectivity index (χ1) is 12.4. The van der Waals surface area contributed by atoms with Crippen LogP contribution in [0.5, 0.6) is 0 Å². The average Bonchev–Trinajstić information content (AvgIpc) is 2.62. The third-order valence-corrected chi connectivity index (χ3v) is 3.62. The van der Waals surface area contributed by atoms with Crippen LogP contribution < -0.4 is 5.32 Å². The van der Waals surface area contributed by atoms with Gasteiger partial charge in [-0.3, -0.25) is 14.9 Å². The monoisotopic (exact) mass is 374 g/mol. The van der Waals surface area contributed by atoms with Crippen LogP contribution in [0.25, 0.3) is 6.08 Å². The minimum atomic E-state index is -1.05. The van der Waals surface area contributed by atoms with Gasteiger partial charge in [0, 0.05) is 18.2 Å². The number of hydrogen-bond donors (Lipinski definition) is 1. The number of para-hydroxylation sites is 1. The topological polar surface area (TPSA) is 98.5 Å². The van der Waals surface area contributed by atoms with Crippen molar-refractivity contribution >= 4 is 40.9 Å². The number of ether oxygens (including phenoxy) is 1. The van der Waals surface area contributed by atoms with Gasteiger partial charge in [-0.2, -0.15) is 0 Å². The van der Waals surface area contributed by atoms with Crippen molar-refractivity contribution in [3.63, 3.8) is 0 Å². The number of carbonyl (C=O) groups excluding carboxylic acids is 2. The molecule has 2 rings (SSSR count). The number of halogens is 1. The molecule has 0 aliphatic rings. The number of nitro benzene ring substituents is 1. The predicted octanol–water partition coefficient (Wildman–Crippen LogP) is 3.83. The zero-order chi connectivity index (χ0) is 19.1. The van der Waals surface area contributed by atoms with Crippen LogP contribution in [0.2, 0.25) is 5.02 Å². The van der Waals surface area contributed by atoms with Crippen LogP contribution in [-0.2, 0) is 14.3 Å². The summed E-state index contributed by atoms with van der Waals surface area (Å²) in [4.78, 5) is 34.1. The average molecular weight is 375 g/mol. The van der Waals surface area contributed by atoms with Gasteiger partial charge in [0.2, 0.25) is 0 Å². The molecule has 8 heteroatoms. The molecule has 0 bridgehead atoms. The number of nitro groups is 1. The molecule has 0 spiro atoms. The molecule has 134 valence electrons. The molecular formula is C18H15ClN2O5. The van der Waals surface area contributed by atoms with E-state index in [0.717, 1.165) is 6.08 Å². The summed E-state index contributed by atoms with van der Waals surface area (Å²) in [5.41, 5.74) is 0.784. The highest BCUT2D eigenvalue weighted by Gasteiger charge is 2.17. The number of nitrogens with one attached hydrogen (secondary N) is 1. The van der Waals surface area contributed by atoms with E-state index >= 15 is 0 Å². The molecule has 0 aromatic heterocycles. The molecule has 1 amide bonds. The lowest BCUT2D eigenvalue weighted by Gasteiger charge is -2.13. The fourth-order valence-corrected chi connectivity index (χ4v) is 2.15. The standard InChI is InChI=1S/C18H15ClN2O5/c1-12(18(23)20-16-8-3-2-7-15(16)19)26-17(22)10-9-13-5-4-6-14(11-13)21(24)25/h2-12H,1H3,(H,20,23)/b10-9+/t12-/m1/s1. The first kappa shape index (κ1) is 19.1. The summed E-state index contributed by atoms with van der Waals surface area (Å²) in [6.45, 7) is 1.42. The minimum Gasteiger partial charge on any atom is -0.449 e. The Balaban J connectivity index is 1.94. The van der Waals surface area contributed by atoms with E-state index in [1.165, 1.54) is 31.2 Å². The molecule has 0 fully saturated rings. The first-order valence-corrected chi connectivity index (χ1v) is 7.93. The van der Waals surface area contributed by atoms with E-state index in [-0.39, 0.29) is 5.69 Å². The zero-order valence-corrected chi connectivity index (χ0v) is 14.5. The molecule has 0 aliphatic heterocycles. The Bertz CT molecular complexity index is 866. The van der Waals surface area contributed by atoms with Gasteiger partial charge in [0.15, 0.2) is 6.10 Å². The third-order valence-electron chi connectivity index (χ3n) is 3.29. The molecule has 7 nitrogen and oxygen atoms in total. The lowest BCUT2D eigenvalue weighted by molar-refractivity contribution is -0.384. The number of hydrogen-bond acceptors (Lipinski definition) is 5. The normalized spacial score (nSPS) is 11.8. The molecule has 1 N–H and O–H groups in total. The number of nitrogens with zero attached hydrogens (tertiary/aromatic N) is 1. The molecular weight excluding hydrogens is 360 g/mol. The second kappa shape index (κ2) is 8.77. The number of benzene rings is 2. The highest BCUT2D eigenvalue weighted by atomic mass is 35.5. The Kier molecular flexibility index (Phi) is 6.46. The van der Waals surface area contributed by atoms with Crippen LogP contribution in [-0.4, -0.2) is 22.9 Å². The second-order valence-corrected chi connectivity index (χ2v) is 5.64. The molecule has 0 unspecified atom stereocenters. The van der Waals surface area contributed by atoms with Crippen molar-refractivity contribution in [2.75, 3.05) is 5.32 Å². The molecule has 26 heavy (non-hydrogen) atoms. The Morgan fingerprint density at radius 1 is 1.23 bits per heavy atom. The molecule has 1 atom stereocenters. The van der Waals surface area contributed by atoms with Gasteiger partial charge in [0.1, 0.15) is 0 Å². The Hall–Kier alpha value is -3.19. The number of rotatable bonds is 6. The van der Waals surface area contributed by atoms with Crippen LogP contribution in [0, 0.1) is 10.1 Å². The highest BCUT2D eigenvalue weighted by molar-refractivity contribution is 6.33. The predicted molar refractivity (Wildman–Crippen MR) is 97.8 cm³/mol. The van der Waals surface area contributed by atoms with Gasteiger partial charge in [0.25, 0.3) is 11.6 Å². The van der Waals surface area contributed by atoms with Crippen molar-refractivity contribution in [3.05, 3.63) is 75.3 Å². The Labute approximate surface area is 154 Å². The van der Waals surface area contributed by atoms with Crippen molar-refractivity contribution in [3.8, 4) is 0 Å². The molecule has 0 radical (unpaired) electrons. The summed E-state index contributed by atoms with van der Waals surface area (Å²) in [7, 11) is 0. The van der Waals surface area contributed by atoms with E-state index in [0.29, 0.717) is 16.3 Å². The summed E-state index contributed by atoms with van der Waals surface area (Å²) in [6.07, 6.45) is 1.42. The van der Waals surface area contributed by atoms with Crippen LogP contribution in [0.1, 0.15) is 12.5 Å². The summed E-state index contributed by atoms with van der Waals surface area (Å²) in [6, 6.07) is 12.4. The fraction of sp³-hybridized carbons (Fsp3) is 0.111. The van der Waals surface area contributed by atoms with Gasteiger partial charge in [-0.05, 0) is 30.7 Å². The van der Waals surface area contributed by atoms with Crippen LogP contribution in [0.4, 0.5) is 11.4 Å². The van der Waals surface area contributed by atoms with Gasteiger partial charge in [-0.15, -0.1) is 0 Å². The van der Waals surface area contributed by atoms with Gasteiger partial charge >= 0.3 is 5.97 Å². The lowest BCUT2D eigenvalue weighted by Crippen LogP contribution is -2.29. The fourth-order valence-electron chi connectivity index (χ4n) is 1.97. The van der Waals surface area contributed by atoms with Crippen LogP contribution >= 0.6 is 11.6 Å². The summed E-state index contributed by atoms with van der Waals surface area (Å²) >= 11 is 5.95. The van der Waals surface area contributed by atoms with E-state index in [1.54, 1.807) is 30.3 Å². The molecule has 0 aliphatic carbocycles. The molecule has 0 saturated heterocycles. The van der Waals surface area contributed by atoms with E-state index in [4.69, 9.17) is 16.3 Å². The first-order valence-electron chi connectivity index (χ1n) is 7.55. The SMILES string of the molecule is C[C@@H](OC(=O)/C=C/c1cccc([N+](=O)[O-])c1)C(=O)Nc1ccccc1Cl. The van der Waals surface area contributed by atoms with Crippen molar-refractivity contribution < 1.29 is 19.2 Å². The van der Waals surface area contributed by atoms with Crippen LogP contribution in [0.3, 0.4) is 0 Å². The van der Waals surface area contributed by atoms with Crippen LogP contribution in [0.15, 0.2) is 54.6 Å². The lowest BCUT2D eigenvalue weighted by atomic mass is 10.2. The molecule has 0 saturated carbocycles. The van der Waals surface area contributed by atoms with E-state index in [9.17, 15) is 19.7 Å². The van der Waals surface area contributed by atoms with Crippen molar-refractivity contribution in [2.45, 2.75) is 13.0 Å². The number of amides is 1. The number of anilines is 1. The summed E-state index contributed by atoms with van der Waals surface area (Å²) in [5, 5.41) is 13.6. The molecule has 2 aromatic carbocycles. The highest BCUT2D eigenvalue weighted by Crippen LogP contribution is 2.20. The van der Waals surface area contributed by atoms with Crippen molar-refractivity contribution in [2.24, 2.45) is 0 Å². The summed E-state index contributed by atoms with van der Waals surface area (Å²) < 4.78 is 5.01. The number of esters is 1. The van der Waals surface area contributed by atoms with Gasteiger partial charge in [-0.25, -0.2) is 4.79 Å². The Morgan fingerprint density at radius 2 is 1.96 bits per heavy atom. The maximum Gasteiger partial charge on any atom is 0.331 e. The van der Waals surface area contributed by atoms with E-state index < -0.39 is 22.9 Å². The number of carbonyl (C=O) groups is 2. The quantitative estimate of drug-likeness (QED) is 0.358. The second-order valence-electron chi connectivity index (χ2n) is 5.23. The van der Waals surface area contributed by atoms with Gasteiger partial charge in [0.05, 0.1) is 15.6 Å². The molecule has 2 aromatic rings. The maximum absolute atomic E-state index is 12.0. The largest absolute Gasteiger partial charge is 0.449 e. The maximum atomic E-state index is 12.0. The molecule has 0 heterocycles. The summed E-state index contributed by atoms with van der Waals surface area (Å²) in [5.74, 6) is -1.28. The third kappa shape index (κ3) is 5.42. The van der Waals surface area contributed by atoms with Crippen molar-refractivity contribution in [1.82, 2.24) is 0 Å². The Morgan fingerprint density at radius 3 is 2.65 bits per heavy atom. The minimum absolute atomic E-state index is 0.0898. The zero-order valence-electron chi connectivity index (χ0n) is 13.7. The van der Waals surface area contributed by atoms with E-state index in [1.807, 2.05) is 0 Å². The van der Waals surface area contributed by atoms with Gasteiger partial charge in [-0.1, -0.05) is 35.9 Å². The van der Waals surface area contributed by atoms with Gasteiger partial charge < -0.3 is 10.1 Å². The van der Waals surface area contributed by atoms with E-state index in [2.05, 4.69) is 5.32 Å². The van der Waals surface area contributed by atoms with Crippen molar-refractivity contribution in [1.29, 1.82) is 0 Å². The number of non-ortho nitro benzene ring substituents is 1.